The number of ether oxygens (including phenoxy) is 1. The summed E-state index contributed by atoms with van der Waals surface area (Å²) < 4.78 is 16.1. The van der Waals surface area contributed by atoms with Crippen molar-refractivity contribution >= 4 is 5.91 Å². The molecule has 1 N–H and O–H groups in total. The third-order valence-electron chi connectivity index (χ3n) is 5.71. The zero-order valence-electron chi connectivity index (χ0n) is 16.0. The fourth-order valence-electron chi connectivity index (χ4n) is 3.83. The van der Waals surface area contributed by atoms with E-state index in [1.165, 1.54) is 0 Å². The molecule has 2 fully saturated rings. The van der Waals surface area contributed by atoms with Gasteiger partial charge >= 0.3 is 0 Å². The molecule has 2 aliphatic rings. The number of rotatable bonds is 6. The smallest absolute Gasteiger partial charge is 0.246 e. The van der Waals surface area contributed by atoms with E-state index in [-0.39, 0.29) is 12.5 Å². The molecule has 3 aromatic rings. The summed E-state index contributed by atoms with van der Waals surface area (Å²) in [5, 5.41) is 11.0. The van der Waals surface area contributed by atoms with Crippen LogP contribution in [0.15, 0.2) is 45.4 Å². The van der Waals surface area contributed by atoms with Gasteiger partial charge in [-0.1, -0.05) is 40.6 Å². The molecule has 1 saturated carbocycles. The van der Waals surface area contributed by atoms with Gasteiger partial charge in [-0.3, -0.25) is 4.79 Å². The van der Waals surface area contributed by atoms with Crippen molar-refractivity contribution in [3.63, 3.8) is 0 Å². The summed E-state index contributed by atoms with van der Waals surface area (Å²) in [6.07, 6.45) is 3.54. The van der Waals surface area contributed by atoms with Crippen molar-refractivity contribution in [1.29, 1.82) is 0 Å². The minimum atomic E-state index is -0.604. The number of hydrogen-bond acceptors (Lipinski definition) is 7. The first-order valence-corrected chi connectivity index (χ1v) is 9.96. The Kier molecular flexibility index (Phi) is 4.63. The molecule has 1 amide bonds. The average molecular weight is 394 g/mol. The Bertz CT molecular complexity index is 987. The van der Waals surface area contributed by atoms with E-state index < -0.39 is 5.41 Å². The van der Waals surface area contributed by atoms with E-state index in [1.54, 1.807) is 0 Å². The lowest BCUT2D eigenvalue weighted by atomic mass is 9.73. The fraction of sp³-hybridized carbons (Fsp3) is 0.429. The largest absolute Gasteiger partial charge is 0.381 e. The summed E-state index contributed by atoms with van der Waals surface area (Å²) >= 11 is 0. The predicted molar refractivity (Wildman–Crippen MR) is 102 cm³/mol. The van der Waals surface area contributed by atoms with Crippen LogP contribution in [0.25, 0.3) is 11.5 Å². The van der Waals surface area contributed by atoms with Gasteiger partial charge in [0.1, 0.15) is 5.76 Å². The van der Waals surface area contributed by atoms with E-state index in [0.29, 0.717) is 49.4 Å². The molecule has 1 aliphatic heterocycles. The van der Waals surface area contributed by atoms with Crippen LogP contribution in [0.3, 0.4) is 0 Å². The van der Waals surface area contributed by atoms with Crippen molar-refractivity contribution in [1.82, 2.24) is 20.6 Å². The lowest BCUT2D eigenvalue weighted by molar-refractivity contribution is -0.130. The Morgan fingerprint density at radius 2 is 1.90 bits per heavy atom. The Morgan fingerprint density at radius 1 is 1.10 bits per heavy atom. The van der Waals surface area contributed by atoms with Gasteiger partial charge in [0.25, 0.3) is 0 Å². The number of aromatic nitrogens is 3. The minimum Gasteiger partial charge on any atom is -0.381 e. The summed E-state index contributed by atoms with van der Waals surface area (Å²) in [5.74, 6) is 1.98. The second kappa shape index (κ2) is 7.44. The molecule has 1 saturated heterocycles. The normalized spacial score (nSPS) is 18.5. The Hall–Kier alpha value is -3.00. The lowest BCUT2D eigenvalue weighted by Crippen LogP contribution is -2.47. The number of nitrogens with one attached hydrogen (secondary N) is 1. The van der Waals surface area contributed by atoms with Gasteiger partial charge in [0.15, 0.2) is 5.69 Å². The van der Waals surface area contributed by atoms with Crippen molar-refractivity contribution in [3.05, 3.63) is 53.6 Å². The molecule has 2 aromatic heterocycles. The first-order chi connectivity index (χ1) is 14.2. The molecule has 1 aliphatic carbocycles. The molecule has 5 rings (SSSR count). The first-order valence-electron chi connectivity index (χ1n) is 9.96. The maximum absolute atomic E-state index is 13.2. The predicted octanol–water partition coefficient (Wildman–Crippen LogP) is 2.97. The molecule has 29 heavy (non-hydrogen) atoms. The number of amides is 1. The van der Waals surface area contributed by atoms with Gasteiger partial charge in [0.2, 0.25) is 17.6 Å². The highest BCUT2D eigenvalue weighted by Crippen LogP contribution is 2.41. The molecular weight excluding hydrogens is 372 g/mol. The van der Waals surface area contributed by atoms with Gasteiger partial charge in [-0.15, -0.1) is 0 Å². The van der Waals surface area contributed by atoms with Crippen molar-refractivity contribution in [3.8, 4) is 11.5 Å². The van der Waals surface area contributed by atoms with E-state index in [1.807, 2.05) is 36.4 Å². The van der Waals surface area contributed by atoms with E-state index in [2.05, 4.69) is 20.6 Å². The van der Waals surface area contributed by atoms with Crippen molar-refractivity contribution in [2.45, 2.75) is 43.6 Å². The third-order valence-corrected chi connectivity index (χ3v) is 5.71. The monoisotopic (exact) mass is 394 g/mol. The molecular formula is C21H22N4O4. The number of nitrogens with zero attached hydrogens (tertiary/aromatic N) is 3. The SMILES string of the molecule is O=C(NCc1nc(-c2cc(C3CC3)on2)no1)C1(c2ccccc2)CCOCC1. The Morgan fingerprint density at radius 3 is 2.66 bits per heavy atom. The van der Waals surface area contributed by atoms with Crippen LogP contribution < -0.4 is 5.32 Å². The van der Waals surface area contributed by atoms with Gasteiger partial charge in [0, 0.05) is 25.2 Å². The van der Waals surface area contributed by atoms with E-state index in [4.69, 9.17) is 13.8 Å². The van der Waals surface area contributed by atoms with Crippen molar-refractivity contribution in [2.24, 2.45) is 0 Å². The summed E-state index contributed by atoms with van der Waals surface area (Å²) in [4.78, 5) is 17.5. The fourth-order valence-corrected chi connectivity index (χ4v) is 3.83. The van der Waals surface area contributed by atoms with Gasteiger partial charge in [-0.2, -0.15) is 4.98 Å². The number of benzene rings is 1. The molecule has 8 heteroatoms. The molecule has 8 nitrogen and oxygen atoms in total. The van der Waals surface area contributed by atoms with Crippen LogP contribution in [-0.4, -0.2) is 34.4 Å². The molecule has 0 atom stereocenters. The summed E-state index contributed by atoms with van der Waals surface area (Å²) in [6, 6.07) is 11.7. The second-order valence-corrected chi connectivity index (χ2v) is 7.64. The quantitative estimate of drug-likeness (QED) is 0.685. The van der Waals surface area contributed by atoms with Crippen LogP contribution in [-0.2, 0) is 21.5 Å². The number of carbonyl (C=O) groups is 1. The maximum Gasteiger partial charge on any atom is 0.246 e. The Balaban J connectivity index is 1.28. The van der Waals surface area contributed by atoms with Crippen LogP contribution in [0, 0.1) is 0 Å². The average Bonchev–Trinajstić information content (AvgIpc) is 3.31. The molecule has 0 bridgehead atoms. The van der Waals surface area contributed by atoms with Gasteiger partial charge in [-0.05, 0) is 31.2 Å². The van der Waals surface area contributed by atoms with E-state index in [9.17, 15) is 4.79 Å². The summed E-state index contributed by atoms with van der Waals surface area (Å²) in [5.41, 5.74) is 0.953. The van der Waals surface area contributed by atoms with Crippen LogP contribution in [0.2, 0.25) is 0 Å². The molecule has 0 spiro atoms. The van der Waals surface area contributed by atoms with Crippen molar-refractivity contribution < 1.29 is 18.6 Å². The molecule has 0 unspecified atom stereocenters. The molecule has 1 aromatic carbocycles. The summed E-state index contributed by atoms with van der Waals surface area (Å²) in [7, 11) is 0. The van der Waals surface area contributed by atoms with E-state index >= 15 is 0 Å². The highest BCUT2D eigenvalue weighted by molar-refractivity contribution is 5.88. The topological polar surface area (TPSA) is 103 Å². The lowest BCUT2D eigenvalue weighted by Gasteiger charge is -2.36. The first kappa shape index (κ1) is 18.1. The van der Waals surface area contributed by atoms with Gasteiger partial charge in [0.05, 0.1) is 12.0 Å². The molecule has 0 radical (unpaired) electrons. The number of hydrogen-bond donors (Lipinski definition) is 1. The summed E-state index contributed by atoms with van der Waals surface area (Å²) in [6.45, 7) is 1.28. The van der Waals surface area contributed by atoms with Crippen LogP contribution in [0.5, 0.6) is 0 Å². The van der Waals surface area contributed by atoms with Crippen LogP contribution >= 0.6 is 0 Å². The zero-order chi connectivity index (χ0) is 19.7. The van der Waals surface area contributed by atoms with Crippen molar-refractivity contribution in [2.75, 3.05) is 13.2 Å². The highest BCUT2D eigenvalue weighted by Gasteiger charge is 2.41. The Labute approximate surface area is 167 Å². The molecule has 3 heterocycles. The van der Waals surface area contributed by atoms with Gasteiger partial charge in [-0.25, -0.2) is 0 Å². The zero-order valence-corrected chi connectivity index (χ0v) is 16.0. The highest BCUT2D eigenvalue weighted by atomic mass is 16.5. The van der Waals surface area contributed by atoms with Gasteiger partial charge < -0.3 is 19.1 Å². The van der Waals surface area contributed by atoms with E-state index in [0.717, 1.165) is 24.2 Å². The maximum atomic E-state index is 13.2. The minimum absolute atomic E-state index is 0.0517. The second-order valence-electron chi connectivity index (χ2n) is 7.64. The molecule has 150 valence electrons. The standard InChI is InChI=1S/C21H22N4O4/c26-20(21(8-10-27-11-9-21)15-4-2-1-3-5-15)22-13-18-23-19(25-29-18)16-12-17(28-24-16)14-6-7-14/h1-5,12,14H,6-11,13H2,(H,22,26). The van der Waals surface area contributed by atoms with Crippen LogP contribution in [0.4, 0.5) is 0 Å². The third kappa shape index (κ3) is 3.55. The number of carbonyl (C=O) groups excluding carboxylic acids is 1. The van der Waals surface area contributed by atoms with Crippen LogP contribution in [0.1, 0.15) is 48.8 Å².